The highest BCUT2D eigenvalue weighted by molar-refractivity contribution is 8.08. The van der Waals surface area contributed by atoms with E-state index in [0.29, 0.717) is 12.8 Å². The van der Waals surface area contributed by atoms with Gasteiger partial charge in [0.15, 0.2) is 0 Å². The number of hydrogen-bond acceptors (Lipinski definition) is 4. The third kappa shape index (κ3) is 3.37. The molecule has 6 nitrogen and oxygen atoms in total. The molecule has 1 atom stereocenters. The molecule has 0 bridgehead atoms. The van der Waals surface area contributed by atoms with Crippen LogP contribution in [0, 0.1) is 5.92 Å². The molecule has 0 heterocycles. The highest BCUT2D eigenvalue weighted by atomic mass is 32.2. The van der Waals surface area contributed by atoms with Crippen LogP contribution in [-0.4, -0.2) is 36.8 Å². The summed E-state index contributed by atoms with van der Waals surface area (Å²) < 4.78 is 45.5. The maximum absolute atomic E-state index is 12.7. The number of sulfone groups is 1. The Balaban J connectivity index is 3.31. The van der Waals surface area contributed by atoms with E-state index in [1.54, 1.807) is 6.92 Å². The van der Waals surface area contributed by atoms with E-state index in [4.69, 9.17) is 5.53 Å². The Hall–Kier alpha value is -0.980. The lowest BCUT2D eigenvalue weighted by atomic mass is 9.90. The zero-order valence-electron chi connectivity index (χ0n) is 11.7. The number of hydrogen-bond donors (Lipinski definition) is 0. The molecule has 1 rings (SSSR count). The molecule has 1 aliphatic rings. The minimum atomic E-state index is -4.01. The molecular formula is C12H20N2O4S2. The second kappa shape index (κ2) is 6.65. The van der Waals surface area contributed by atoms with Gasteiger partial charge in [-0.15, -0.1) is 0 Å². The molecule has 0 amide bonds. The second-order valence-electron chi connectivity index (χ2n) is 5.32. The second-order valence-corrected chi connectivity index (χ2v) is 8.44. The van der Waals surface area contributed by atoms with Crippen molar-refractivity contribution in [1.29, 1.82) is 0 Å². The standard InChI is InChI=1S/C12H20N2O4S2/c1-3-12(2,9-19(15)16)20(17,18)11(14-13)10-7-5-4-6-8-10/h9-10H,3-8H2,1-2H3. The van der Waals surface area contributed by atoms with Crippen LogP contribution in [0.3, 0.4) is 0 Å². The first kappa shape index (κ1) is 17.1. The fraction of sp³-hybridized carbons (Fsp3) is 0.833. The van der Waals surface area contributed by atoms with E-state index < -0.39 is 24.9 Å². The zero-order valence-corrected chi connectivity index (χ0v) is 13.4. The van der Waals surface area contributed by atoms with Crippen LogP contribution in [0.1, 0.15) is 52.4 Å². The molecule has 0 N–H and O–H groups in total. The SMILES string of the molecule is CCC(C)(C=S(=O)=O)S(=O)(=O)C(=[N+]=[N-])C1CCCCC1. The van der Waals surface area contributed by atoms with E-state index in [0.717, 1.165) is 24.6 Å². The van der Waals surface area contributed by atoms with Crippen LogP contribution in [0.25, 0.3) is 5.53 Å². The quantitative estimate of drug-likeness (QED) is 0.257. The average molecular weight is 320 g/mol. The van der Waals surface area contributed by atoms with Crippen molar-refractivity contribution < 1.29 is 21.6 Å². The van der Waals surface area contributed by atoms with Gasteiger partial charge >= 0.3 is 5.04 Å². The zero-order chi connectivity index (χ0) is 15.4. The first-order valence-electron chi connectivity index (χ1n) is 6.69. The molecule has 114 valence electrons. The van der Waals surface area contributed by atoms with Crippen LogP contribution >= 0.6 is 0 Å². The van der Waals surface area contributed by atoms with Crippen LogP contribution < -0.4 is 0 Å². The molecule has 1 fully saturated rings. The van der Waals surface area contributed by atoms with Gasteiger partial charge in [-0.2, -0.15) is 13.2 Å². The Labute approximate surface area is 121 Å². The third-order valence-corrected chi connectivity index (χ3v) is 7.45. The van der Waals surface area contributed by atoms with Crippen molar-refractivity contribution >= 4 is 30.5 Å². The van der Waals surface area contributed by atoms with Gasteiger partial charge in [-0.3, -0.25) is 0 Å². The predicted molar refractivity (Wildman–Crippen MR) is 77.8 cm³/mol. The predicted octanol–water partition coefficient (Wildman–Crippen LogP) is 1.46. The molecular weight excluding hydrogens is 300 g/mol. The molecule has 1 saturated carbocycles. The van der Waals surface area contributed by atoms with Gasteiger partial charge in [-0.05, 0) is 26.2 Å². The maximum Gasteiger partial charge on any atom is 0.385 e. The molecule has 1 unspecified atom stereocenters. The van der Waals surface area contributed by atoms with Crippen molar-refractivity contribution in [3.63, 3.8) is 0 Å². The van der Waals surface area contributed by atoms with E-state index in [1.807, 2.05) is 0 Å². The lowest BCUT2D eigenvalue weighted by Crippen LogP contribution is -2.44. The lowest BCUT2D eigenvalue weighted by molar-refractivity contribution is -0.00916. The Morgan fingerprint density at radius 1 is 1.35 bits per heavy atom. The normalized spacial score (nSPS) is 19.7. The topological polar surface area (TPSA) is 105 Å². The summed E-state index contributed by atoms with van der Waals surface area (Å²) in [6.07, 6.45) is 4.21. The van der Waals surface area contributed by atoms with Gasteiger partial charge < -0.3 is 5.53 Å². The van der Waals surface area contributed by atoms with E-state index in [2.05, 4.69) is 4.79 Å². The van der Waals surface area contributed by atoms with Crippen LogP contribution in [0.5, 0.6) is 0 Å². The molecule has 0 aromatic rings. The summed E-state index contributed by atoms with van der Waals surface area (Å²) in [5.41, 5.74) is 9.15. The van der Waals surface area contributed by atoms with E-state index >= 15 is 0 Å². The Bertz CT molecular complexity index is 631. The van der Waals surface area contributed by atoms with Gasteiger partial charge in [-0.1, -0.05) is 26.2 Å². The van der Waals surface area contributed by atoms with E-state index in [-0.39, 0.29) is 17.4 Å². The highest BCUT2D eigenvalue weighted by Crippen LogP contribution is 2.30. The first-order chi connectivity index (χ1) is 9.28. The Morgan fingerprint density at radius 2 is 1.90 bits per heavy atom. The van der Waals surface area contributed by atoms with Crippen LogP contribution in [0.2, 0.25) is 0 Å². The first-order valence-corrected chi connectivity index (χ1v) is 9.31. The van der Waals surface area contributed by atoms with Crippen LogP contribution in [0.15, 0.2) is 0 Å². The minimum Gasteiger partial charge on any atom is -0.360 e. The summed E-state index contributed by atoms with van der Waals surface area (Å²) in [5, 5.41) is 0.499. The van der Waals surface area contributed by atoms with Gasteiger partial charge in [0.2, 0.25) is 10.3 Å². The smallest absolute Gasteiger partial charge is 0.360 e. The summed E-state index contributed by atoms with van der Waals surface area (Å²) in [4.78, 5) is 3.01. The number of rotatable bonds is 4. The van der Waals surface area contributed by atoms with Crippen molar-refractivity contribution in [2.45, 2.75) is 57.1 Å². The Morgan fingerprint density at radius 3 is 2.30 bits per heavy atom. The summed E-state index contributed by atoms with van der Waals surface area (Å²) in [6, 6.07) is 0. The summed E-state index contributed by atoms with van der Waals surface area (Å²) >= 11 is 0. The lowest BCUT2D eigenvalue weighted by Gasteiger charge is -2.24. The molecule has 0 radical (unpaired) electrons. The summed E-state index contributed by atoms with van der Waals surface area (Å²) in [5.74, 6) is -0.321. The van der Waals surface area contributed by atoms with Crippen molar-refractivity contribution in [3.8, 4) is 0 Å². The summed E-state index contributed by atoms with van der Waals surface area (Å²) in [6.45, 7) is 2.93. The molecule has 0 aromatic heterocycles. The van der Waals surface area contributed by atoms with Crippen molar-refractivity contribution in [2.24, 2.45) is 5.92 Å². The third-order valence-electron chi connectivity index (χ3n) is 3.99. The minimum absolute atomic E-state index is 0.0923. The molecule has 20 heavy (non-hydrogen) atoms. The van der Waals surface area contributed by atoms with Crippen LogP contribution in [-0.2, 0) is 20.1 Å². The molecule has 0 aromatic carbocycles. The monoisotopic (exact) mass is 320 g/mol. The Kier molecular flexibility index (Phi) is 5.68. The summed E-state index contributed by atoms with van der Waals surface area (Å²) in [7, 11) is -6.60. The van der Waals surface area contributed by atoms with Gasteiger partial charge in [0.05, 0.1) is 11.3 Å². The average Bonchev–Trinajstić information content (AvgIpc) is 2.39. The molecule has 0 spiro atoms. The molecule has 8 heteroatoms. The highest BCUT2D eigenvalue weighted by Gasteiger charge is 2.48. The largest absolute Gasteiger partial charge is 0.385 e. The number of nitrogens with zero attached hydrogens (tertiary/aromatic N) is 2. The van der Waals surface area contributed by atoms with Gasteiger partial charge in [0.25, 0.3) is 9.84 Å². The van der Waals surface area contributed by atoms with Crippen molar-refractivity contribution in [1.82, 2.24) is 0 Å². The van der Waals surface area contributed by atoms with E-state index in [9.17, 15) is 16.8 Å². The van der Waals surface area contributed by atoms with Crippen molar-refractivity contribution in [3.05, 3.63) is 5.53 Å². The molecule has 0 aliphatic heterocycles. The fourth-order valence-electron chi connectivity index (χ4n) is 2.48. The van der Waals surface area contributed by atoms with Gasteiger partial charge in [0.1, 0.15) is 4.75 Å². The van der Waals surface area contributed by atoms with Gasteiger partial charge in [-0.25, -0.2) is 8.42 Å². The van der Waals surface area contributed by atoms with Crippen molar-refractivity contribution in [2.75, 3.05) is 0 Å². The van der Waals surface area contributed by atoms with Crippen LogP contribution in [0.4, 0.5) is 0 Å². The molecule has 1 aliphatic carbocycles. The van der Waals surface area contributed by atoms with E-state index in [1.165, 1.54) is 6.92 Å². The van der Waals surface area contributed by atoms with Gasteiger partial charge in [0, 0.05) is 0 Å². The fourth-order valence-corrected chi connectivity index (χ4v) is 5.44. The molecule has 0 saturated heterocycles. The maximum atomic E-state index is 12.7.